The van der Waals surface area contributed by atoms with Gasteiger partial charge in [-0.2, -0.15) is 15.8 Å². The van der Waals surface area contributed by atoms with Crippen LogP contribution >= 0.6 is 0 Å². The molecule has 2 aliphatic heterocycles. The Kier molecular flexibility index (Phi) is 5.17. The number of hydrogen-bond donors (Lipinski definition) is 1. The number of rotatable bonds is 4. The number of nitrogens with one attached hydrogen (secondary N) is 1. The lowest BCUT2D eigenvalue weighted by molar-refractivity contribution is -0.272. The van der Waals surface area contributed by atoms with Gasteiger partial charge in [-0.1, -0.05) is 84.9 Å². The van der Waals surface area contributed by atoms with Gasteiger partial charge < -0.3 is 9.47 Å². The molecule has 5 rings (SSSR count). The van der Waals surface area contributed by atoms with Crippen molar-refractivity contribution in [3.05, 3.63) is 96.1 Å². The minimum atomic E-state index is -1.98. The van der Waals surface area contributed by atoms with E-state index in [2.05, 4.69) is 18.2 Å². The average Bonchev–Trinajstić information content (AvgIpc) is 3.06. The quantitative estimate of drug-likeness (QED) is 0.550. The molecule has 1 N–H and O–H groups in total. The second-order valence-corrected chi connectivity index (χ2v) is 9.13. The Bertz CT molecular complexity index is 1390. The van der Waals surface area contributed by atoms with Crippen LogP contribution in [0.15, 0.2) is 84.9 Å². The van der Waals surface area contributed by atoms with E-state index in [1.165, 1.54) is 0 Å². The number of hydrogen-bond acceptors (Lipinski definition) is 6. The summed E-state index contributed by atoms with van der Waals surface area (Å²) in [5, 5.41) is 40.1. The van der Waals surface area contributed by atoms with Gasteiger partial charge in [0.15, 0.2) is 5.41 Å². The van der Waals surface area contributed by atoms with Crippen LogP contribution in [0.2, 0.25) is 0 Å². The third-order valence-electron chi connectivity index (χ3n) is 7.32. The predicted molar refractivity (Wildman–Crippen MR) is 128 cm³/mol. The highest BCUT2D eigenvalue weighted by atomic mass is 16.7. The van der Waals surface area contributed by atoms with Crippen LogP contribution in [-0.2, 0) is 15.9 Å². The number of nitriles is 3. The maximum absolute atomic E-state index is 10.5. The van der Waals surface area contributed by atoms with Gasteiger partial charge in [0.05, 0.1) is 24.1 Å². The zero-order valence-corrected chi connectivity index (χ0v) is 19.1. The minimum Gasteiger partial charge on any atom is -0.448 e. The van der Waals surface area contributed by atoms with E-state index in [0.29, 0.717) is 12.0 Å². The molecule has 0 radical (unpaired) electrons. The molecular weight excluding hydrogens is 436 g/mol. The molecule has 0 aromatic heterocycles. The first-order valence-corrected chi connectivity index (χ1v) is 11.3. The topological polar surface area (TPSA) is 114 Å². The molecule has 6 nitrogen and oxygen atoms in total. The van der Waals surface area contributed by atoms with Crippen molar-refractivity contribution in [1.29, 1.82) is 21.2 Å². The summed E-state index contributed by atoms with van der Waals surface area (Å²) in [5.41, 5.74) is -0.301. The van der Waals surface area contributed by atoms with Gasteiger partial charge in [-0.05, 0) is 28.7 Å². The van der Waals surface area contributed by atoms with Gasteiger partial charge in [-0.25, -0.2) is 0 Å². The summed E-state index contributed by atoms with van der Waals surface area (Å²) in [4.78, 5) is 0. The molecule has 2 aliphatic rings. The summed E-state index contributed by atoms with van der Waals surface area (Å²) in [6.07, 6.45) is -0.764. The van der Waals surface area contributed by atoms with Gasteiger partial charge in [0.2, 0.25) is 17.1 Å². The van der Waals surface area contributed by atoms with E-state index in [1.54, 1.807) is 6.92 Å². The van der Waals surface area contributed by atoms with E-state index in [0.717, 1.165) is 16.7 Å². The van der Waals surface area contributed by atoms with Gasteiger partial charge in [-0.15, -0.1) is 0 Å². The summed E-state index contributed by atoms with van der Waals surface area (Å²) in [5.74, 6) is -2.48. The lowest BCUT2D eigenvalue weighted by atomic mass is 9.52. The molecule has 3 aromatic rings. The smallest absolute Gasteiger partial charge is 0.215 e. The molecule has 2 saturated heterocycles. The average molecular weight is 459 g/mol. The van der Waals surface area contributed by atoms with Crippen molar-refractivity contribution < 1.29 is 9.47 Å². The Hall–Kier alpha value is -4.44. The van der Waals surface area contributed by atoms with Gasteiger partial charge in [-0.3, -0.25) is 5.41 Å². The Balaban J connectivity index is 1.63. The zero-order valence-electron chi connectivity index (χ0n) is 19.1. The Labute approximate surface area is 204 Å². The van der Waals surface area contributed by atoms with Crippen LogP contribution in [0.5, 0.6) is 0 Å². The standard InChI is InChI=1S/C29H22N4O2/c1-27-24(16-20-8-4-2-5-9-20)29(19-32,26(33)35-27)28(17-30,18-31)25(34-27)23-14-12-22(13-15-23)21-10-6-3-7-11-21/h2-15,24-25,33H,16H2,1H3. The molecule has 4 unspecified atom stereocenters. The number of nitrogens with zero attached hydrogens (tertiary/aromatic N) is 3. The first-order valence-electron chi connectivity index (χ1n) is 11.3. The van der Waals surface area contributed by atoms with E-state index >= 15 is 0 Å². The molecule has 2 heterocycles. The fraction of sp³-hybridized carbons (Fsp3) is 0.241. The first-order chi connectivity index (χ1) is 16.9. The van der Waals surface area contributed by atoms with E-state index < -0.39 is 34.5 Å². The van der Waals surface area contributed by atoms with Gasteiger partial charge in [0.1, 0.15) is 6.10 Å². The number of benzene rings is 3. The Morgan fingerprint density at radius 1 is 0.800 bits per heavy atom. The summed E-state index contributed by atoms with van der Waals surface area (Å²) >= 11 is 0. The van der Waals surface area contributed by atoms with Crippen molar-refractivity contribution in [3.8, 4) is 29.3 Å². The predicted octanol–water partition coefficient (Wildman–Crippen LogP) is 5.55. The second-order valence-electron chi connectivity index (χ2n) is 9.13. The third-order valence-corrected chi connectivity index (χ3v) is 7.32. The van der Waals surface area contributed by atoms with Crippen LogP contribution in [0.25, 0.3) is 11.1 Å². The van der Waals surface area contributed by atoms with Crippen LogP contribution in [0.1, 0.15) is 24.2 Å². The van der Waals surface area contributed by atoms with Crippen molar-refractivity contribution in [1.82, 2.24) is 0 Å². The van der Waals surface area contributed by atoms with Gasteiger partial charge >= 0.3 is 0 Å². The number of ether oxygens (including phenoxy) is 2. The van der Waals surface area contributed by atoms with Crippen LogP contribution in [0, 0.1) is 56.2 Å². The van der Waals surface area contributed by atoms with Crippen molar-refractivity contribution in [2.45, 2.75) is 25.2 Å². The van der Waals surface area contributed by atoms with Crippen molar-refractivity contribution in [2.24, 2.45) is 16.7 Å². The SMILES string of the molecule is CC12OC(=N)C(C#N)(C1Cc1ccccc1)C(C#N)(C#N)C(c1ccc(-c3ccccc3)cc1)O2. The van der Waals surface area contributed by atoms with Crippen LogP contribution < -0.4 is 0 Å². The molecular formula is C29H22N4O2. The maximum Gasteiger partial charge on any atom is 0.215 e. The third kappa shape index (κ3) is 3.07. The van der Waals surface area contributed by atoms with E-state index in [4.69, 9.17) is 14.9 Å². The van der Waals surface area contributed by atoms with Crippen LogP contribution in [0.4, 0.5) is 0 Å². The molecule has 3 aromatic carbocycles. The summed E-state index contributed by atoms with van der Waals surface area (Å²) in [6.45, 7) is 1.69. The fourth-order valence-corrected chi connectivity index (χ4v) is 5.52. The zero-order chi connectivity index (χ0) is 24.7. The summed E-state index contributed by atoms with van der Waals surface area (Å²) < 4.78 is 12.3. The molecule has 4 atom stereocenters. The molecule has 170 valence electrons. The van der Waals surface area contributed by atoms with Gasteiger partial charge in [0.25, 0.3) is 0 Å². The van der Waals surface area contributed by atoms with Crippen molar-refractivity contribution >= 4 is 5.90 Å². The Morgan fingerprint density at radius 3 is 1.94 bits per heavy atom. The fourth-order valence-electron chi connectivity index (χ4n) is 5.52. The largest absolute Gasteiger partial charge is 0.448 e. The molecule has 0 amide bonds. The van der Waals surface area contributed by atoms with Crippen molar-refractivity contribution in [3.63, 3.8) is 0 Å². The van der Waals surface area contributed by atoms with E-state index in [9.17, 15) is 15.8 Å². The molecule has 0 aliphatic carbocycles. The normalized spacial score (nSPS) is 28.2. The summed E-state index contributed by atoms with van der Waals surface area (Å²) in [7, 11) is 0. The summed E-state index contributed by atoms with van der Waals surface area (Å²) in [6, 6.07) is 33.2. The lowest BCUT2D eigenvalue weighted by Gasteiger charge is -2.48. The highest BCUT2D eigenvalue weighted by Crippen LogP contribution is 2.67. The van der Waals surface area contributed by atoms with Gasteiger partial charge in [0, 0.05) is 6.92 Å². The molecule has 35 heavy (non-hydrogen) atoms. The van der Waals surface area contributed by atoms with Crippen LogP contribution in [0.3, 0.4) is 0 Å². The first kappa shape index (κ1) is 22.4. The highest BCUT2D eigenvalue weighted by Gasteiger charge is 2.79. The molecule has 0 saturated carbocycles. The molecule has 2 fully saturated rings. The number of fused-ring (bicyclic) bond motifs is 2. The van der Waals surface area contributed by atoms with Crippen molar-refractivity contribution in [2.75, 3.05) is 0 Å². The van der Waals surface area contributed by atoms with E-state index in [-0.39, 0.29) is 0 Å². The maximum atomic E-state index is 10.5. The second kappa shape index (κ2) is 8.10. The molecule has 2 bridgehead atoms. The van der Waals surface area contributed by atoms with E-state index in [1.807, 2.05) is 84.9 Å². The molecule has 6 heteroatoms. The molecule has 0 spiro atoms. The highest BCUT2D eigenvalue weighted by molar-refractivity contribution is 5.89. The van der Waals surface area contributed by atoms with Crippen LogP contribution in [-0.4, -0.2) is 11.7 Å². The minimum absolute atomic E-state index is 0.318. The lowest BCUT2D eigenvalue weighted by Crippen LogP contribution is -2.59. The Morgan fingerprint density at radius 2 is 1.37 bits per heavy atom. The monoisotopic (exact) mass is 458 g/mol.